The van der Waals surface area contributed by atoms with Gasteiger partial charge in [-0.2, -0.15) is 0 Å². The van der Waals surface area contributed by atoms with E-state index in [1.165, 1.54) is 0 Å². The summed E-state index contributed by atoms with van der Waals surface area (Å²) in [5, 5.41) is 1.98. The molecule has 0 atom stereocenters. The second kappa shape index (κ2) is 5.28. The number of benzene rings is 1. The molecule has 1 aliphatic rings. The van der Waals surface area contributed by atoms with Crippen molar-refractivity contribution in [1.29, 1.82) is 0 Å². The van der Waals surface area contributed by atoms with E-state index >= 15 is 0 Å². The average Bonchev–Trinajstić information content (AvgIpc) is 2.97. The van der Waals surface area contributed by atoms with E-state index in [-0.39, 0.29) is 5.78 Å². The highest BCUT2D eigenvalue weighted by molar-refractivity contribution is 7.10. The Labute approximate surface area is 115 Å². The highest BCUT2D eigenvalue weighted by atomic mass is 32.1. The van der Waals surface area contributed by atoms with Gasteiger partial charge in [-0.15, -0.1) is 11.3 Å². The molecule has 0 amide bonds. The van der Waals surface area contributed by atoms with Gasteiger partial charge in [-0.3, -0.25) is 4.79 Å². The van der Waals surface area contributed by atoms with Crippen molar-refractivity contribution in [3.63, 3.8) is 0 Å². The lowest BCUT2D eigenvalue weighted by Gasteiger charge is -2.18. The van der Waals surface area contributed by atoms with Gasteiger partial charge in [-0.1, -0.05) is 6.07 Å². The van der Waals surface area contributed by atoms with Crippen LogP contribution in [0.3, 0.4) is 0 Å². The highest BCUT2D eigenvalue weighted by Gasteiger charge is 2.13. The molecule has 0 aliphatic carbocycles. The van der Waals surface area contributed by atoms with Crippen LogP contribution in [0.2, 0.25) is 0 Å². The van der Waals surface area contributed by atoms with Crippen molar-refractivity contribution in [1.82, 2.24) is 0 Å². The van der Waals surface area contributed by atoms with Crippen molar-refractivity contribution in [3.8, 4) is 11.5 Å². The van der Waals surface area contributed by atoms with Gasteiger partial charge in [0.25, 0.3) is 0 Å². The number of ketones is 1. The number of hydrogen-bond acceptors (Lipinski definition) is 4. The van der Waals surface area contributed by atoms with Gasteiger partial charge in [0.15, 0.2) is 17.3 Å². The van der Waals surface area contributed by atoms with Gasteiger partial charge in [0, 0.05) is 10.4 Å². The molecule has 1 aromatic carbocycles. The molecule has 1 aromatic heterocycles. The summed E-state index contributed by atoms with van der Waals surface area (Å²) in [7, 11) is 0. The lowest BCUT2D eigenvalue weighted by atomic mass is 10.1. The molecule has 2 heterocycles. The molecule has 0 fully saturated rings. The molecular formula is C15H12O3S. The third-order valence-electron chi connectivity index (χ3n) is 2.77. The van der Waals surface area contributed by atoms with Crippen LogP contribution in [0.15, 0.2) is 41.8 Å². The van der Waals surface area contributed by atoms with E-state index in [1.807, 2.05) is 23.6 Å². The molecule has 0 spiro atoms. The van der Waals surface area contributed by atoms with Crippen LogP contribution in [0.5, 0.6) is 11.5 Å². The topological polar surface area (TPSA) is 35.5 Å². The first-order valence-electron chi connectivity index (χ1n) is 5.98. The van der Waals surface area contributed by atoms with Crippen molar-refractivity contribution in [2.45, 2.75) is 0 Å². The predicted octanol–water partition coefficient (Wildman–Crippen LogP) is 3.42. The molecule has 0 saturated carbocycles. The lowest BCUT2D eigenvalue weighted by molar-refractivity contribution is 0.104. The number of thiophene rings is 1. The highest BCUT2D eigenvalue weighted by Crippen LogP contribution is 2.31. The monoisotopic (exact) mass is 272 g/mol. The molecule has 0 unspecified atom stereocenters. The molecule has 0 radical (unpaired) electrons. The summed E-state index contributed by atoms with van der Waals surface area (Å²) in [6.07, 6.45) is 3.40. The number of ether oxygens (including phenoxy) is 2. The van der Waals surface area contributed by atoms with Crippen LogP contribution < -0.4 is 9.47 Å². The van der Waals surface area contributed by atoms with Crippen LogP contribution in [-0.4, -0.2) is 19.0 Å². The molecular weight excluding hydrogens is 260 g/mol. The van der Waals surface area contributed by atoms with Crippen LogP contribution >= 0.6 is 11.3 Å². The third-order valence-corrected chi connectivity index (χ3v) is 3.61. The Kier molecular flexibility index (Phi) is 3.33. The van der Waals surface area contributed by atoms with Crippen LogP contribution in [0.1, 0.15) is 15.2 Å². The van der Waals surface area contributed by atoms with E-state index in [1.54, 1.807) is 35.6 Å². The number of allylic oxidation sites excluding steroid dienone is 1. The standard InChI is InChI=1S/C15H12O3S/c16-13(5-4-12-2-1-9-19-12)11-3-6-14-15(10-11)18-8-7-17-14/h1-6,9-10H,7-8H2/b5-4-. The minimum absolute atomic E-state index is 0.0367. The zero-order chi connectivity index (χ0) is 13.1. The number of carbonyl (C=O) groups is 1. The van der Waals surface area contributed by atoms with E-state index in [0.717, 1.165) is 4.88 Å². The zero-order valence-electron chi connectivity index (χ0n) is 10.2. The van der Waals surface area contributed by atoms with Crippen molar-refractivity contribution >= 4 is 23.2 Å². The number of hydrogen-bond donors (Lipinski definition) is 0. The third kappa shape index (κ3) is 2.69. The largest absolute Gasteiger partial charge is 0.486 e. The van der Waals surface area contributed by atoms with E-state index < -0.39 is 0 Å². The second-order valence-electron chi connectivity index (χ2n) is 4.07. The van der Waals surface area contributed by atoms with Crippen molar-refractivity contribution in [3.05, 3.63) is 52.2 Å². The SMILES string of the molecule is O=C(/C=C\c1cccs1)c1ccc2c(c1)OCCO2. The Morgan fingerprint density at radius 1 is 1.16 bits per heavy atom. The molecule has 0 bridgehead atoms. The minimum Gasteiger partial charge on any atom is -0.486 e. The lowest BCUT2D eigenvalue weighted by Crippen LogP contribution is -2.15. The first-order valence-corrected chi connectivity index (χ1v) is 6.86. The van der Waals surface area contributed by atoms with Crippen LogP contribution in [0.4, 0.5) is 0 Å². The summed E-state index contributed by atoms with van der Waals surface area (Å²) in [4.78, 5) is 13.1. The summed E-state index contributed by atoms with van der Waals surface area (Å²) in [5.41, 5.74) is 0.608. The Morgan fingerprint density at radius 2 is 2.00 bits per heavy atom. The van der Waals surface area contributed by atoms with Gasteiger partial charge < -0.3 is 9.47 Å². The van der Waals surface area contributed by atoms with Crippen LogP contribution in [0, 0.1) is 0 Å². The summed E-state index contributed by atoms with van der Waals surface area (Å²) < 4.78 is 10.9. The predicted molar refractivity (Wildman–Crippen MR) is 75.1 cm³/mol. The molecule has 3 nitrogen and oxygen atoms in total. The smallest absolute Gasteiger partial charge is 0.186 e. The van der Waals surface area contributed by atoms with Crippen molar-refractivity contribution in [2.24, 2.45) is 0 Å². The zero-order valence-corrected chi connectivity index (χ0v) is 11.0. The van der Waals surface area contributed by atoms with Crippen molar-refractivity contribution in [2.75, 3.05) is 13.2 Å². The van der Waals surface area contributed by atoms with E-state index in [4.69, 9.17) is 9.47 Å². The van der Waals surface area contributed by atoms with Crippen LogP contribution in [0.25, 0.3) is 6.08 Å². The van der Waals surface area contributed by atoms with Crippen LogP contribution in [-0.2, 0) is 0 Å². The fourth-order valence-corrected chi connectivity index (χ4v) is 2.45. The molecule has 96 valence electrons. The first kappa shape index (κ1) is 12.0. The molecule has 0 saturated heterocycles. The molecule has 0 N–H and O–H groups in total. The van der Waals surface area contributed by atoms with Gasteiger partial charge >= 0.3 is 0 Å². The van der Waals surface area contributed by atoms with E-state index in [2.05, 4.69) is 0 Å². The second-order valence-corrected chi connectivity index (χ2v) is 5.05. The summed E-state index contributed by atoms with van der Waals surface area (Å²) in [6, 6.07) is 9.20. The summed E-state index contributed by atoms with van der Waals surface area (Å²) >= 11 is 1.60. The van der Waals surface area contributed by atoms with Gasteiger partial charge in [0.05, 0.1) is 0 Å². The molecule has 2 aromatic rings. The average molecular weight is 272 g/mol. The maximum Gasteiger partial charge on any atom is 0.186 e. The molecule has 1 aliphatic heterocycles. The van der Waals surface area contributed by atoms with Gasteiger partial charge in [0.1, 0.15) is 13.2 Å². The quantitative estimate of drug-likeness (QED) is 0.634. The summed E-state index contributed by atoms with van der Waals surface area (Å²) in [5.74, 6) is 1.30. The number of fused-ring (bicyclic) bond motifs is 1. The fourth-order valence-electron chi connectivity index (χ4n) is 1.84. The maximum absolute atomic E-state index is 12.0. The Bertz CT molecular complexity index is 614. The molecule has 19 heavy (non-hydrogen) atoms. The van der Waals surface area contributed by atoms with Crippen molar-refractivity contribution < 1.29 is 14.3 Å². The normalized spacial score (nSPS) is 13.7. The van der Waals surface area contributed by atoms with E-state index in [9.17, 15) is 4.79 Å². The molecule has 3 rings (SSSR count). The van der Waals surface area contributed by atoms with E-state index in [0.29, 0.717) is 30.3 Å². The van der Waals surface area contributed by atoms with Gasteiger partial charge in [0.2, 0.25) is 0 Å². The first-order chi connectivity index (χ1) is 9.33. The minimum atomic E-state index is -0.0367. The Hall–Kier alpha value is -2.07. The fraction of sp³-hybridized carbons (Fsp3) is 0.133. The number of carbonyl (C=O) groups excluding carboxylic acids is 1. The number of rotatable bonds is 3. The van der Waals surface area contributed by atoms with Gasteiger partial charge in [-0.25, -0.2) is 0 Å². The molecule has 4 heteroatoms. The Balaban J connectivity index is 1.80. The Morgan fingerprint density at radius 3 is 2.79 bits per heavy atom. The van der Waals surface area contributed by atoms with Gasteiger partial charge in [-0.05, 0) is 41.8 Å². The summed E-state index contributed by atoms with van der Waals surface area (Å²) in [6.45, 7) is 1.08. The maximum atomic E-state index is 12.0.